The summed E-state index contributed by atoms with van der Waals surface area (Å²) < 4.78 is 38.3. The van der Waals surface area contributed by atoms with E-state index in [-0.39, 0.29) is 0 Å². The standard InChI is InChI=1S/C23H19F3N4O2/c1-13-10-14(20(32)12-31)11-28-21(13)19-7-6-17-18(30-19)8-9-27-22(17)29-16-4-2-15(3-5-16)23(24,25)26/h2-11,20,31-32H,12H2,1H3,(H,27,29). The molecule has 3 heterocycles. The molecule has 4 aromatic rings. The molecular weight excluding hydrogens is 421 g/mol. The minimum atomic E-state index is -4.39. The van der Waals surface area contributed by atoms with Crippen molar-refractivity contribution in [3.8, 4) is 11.4 Å². The van der Waals surface area contributed by atoms with Crippen LogP contribution in [0.25, 0.3) is 22.3 Å². The Hall–Kier alpha value is -3.56. The van der Waals surface area contributed by atoms with Crippen LogP contribution in [0.15, 0.2) is 60.9 Å². The summed E-state index contributed by atoms with van der Waals surface area (Å²) in [6.45, 7) is 1.45. The summed E-state index contributed by atoms with van der Waals surface area (Å²) in [7, 11) is 0. The van der Waals surface area contributed by atoms with E-state index in [0.29, 0.717) is 39.4 Å². The van der Waals surface area contributed by atoms with Gasteiger partial charge in [0, 0.05) is 29.0 Å². The molecule has 3 aromatic heterocycles. The van der Waals surface area contributed by atoms with E-state index in [1.54, 1.807) is 24.4 Å². The molecule has 1 aromatic carbocycles. The Kier molecular flexibility index (Phi) is 5.77. The molecule has 0 saturated carbocycles. The van der Waals surface area contributed by atoms with Gasteiger partial charge in [-0.1, -0.05) is 0 Å². The molecule has 0 radical (unpaired) electrons. The van der Waals surface area contributed by atoms with Crippen LogP contribution in [0, 0.1) is 6.92 Å². The Morgan fingerprint density at radius 2 is 1.78 bits per heavy atom. The van der Waals surface area contributed by atoms with Gasteiger partial charge in [0.2, 0.25) is 0 Å². The number of benzene rings is 1. The summed E-state index contributed by atoms with van der Waals surface area (Å²) in [4.78, 5) is 13.3. The minimum absolute atomic E-state index is 0.392. The van der Waals surface area contributed by atoms with E-state index < -0.39 is 24.5 Å². The Morgan fingerprint density at radius 1 is 1.03 bits per heavy atom. The number of nitrogens with one attached hydrogen (secondary N) is 1. The third-order valence-corrected chi connectivity index (χ3v) is 4.99. The number of rotatable bonds is 5. The molecule has 4 rings (SSSR count). The zero-order valence-corrected chi connectivity index (χ0v) is 16.9. The van der Waals surface area contributed by atoms with Crippen molar-refractivity contribution in [1.29, 1.82) is 0 Å². The molecule has 0 bridgehead atoms. The summed E-state index contributed by atoms with van der Waals surface area (Å²) in [6, 6.07) is 11.8. The summed E-state index contributed by atoms with van der Waals surface area (Å²) in [5, 5.41) is 22.6. The van der Waals surface area contributed by atoms with Crippen LogP contribution in [0.5, 0.6) is 0 Å². The van der Waals surface area contributed by atoms with Crippen molar-refractivity contribution < 1.29 is 23.4 Å². The number of aliphatic hydroxyl groups is 2. The fraction of sp³-hybridized carbons (Fsp3) is 0.174. The zero-order chi connectivity index (χ0) is 22.9. The molecule has 1 unspecified atom stereocenters. The van der Waals surface area contributed by atoms with Gasteiger partial charge >= 0.3 is 6.18 Å². The highest BCUT2D eigenvalue weighted by Crippen LogP contribution is 2.31. The fourth-order valence-electron chi connectivity index (χ4n) is 3.32. The van der Waals surface area contributed by atoms with Gasteiger partial charge in [-0.25, -0.2) is 9.97 Å². The molecule has 0 fully saturated rings. The van der Waals surface area contributed by atoms with Gasteiger partial charge in [0.15, 0.2) is 0 Å². The van der Waals surface area contributed by atoms with E-state index in [0.717, 1.165) is 17.7 Å². The predicted molar refractivity (Wildman–Crippen MR) is 114 cm³/mol. The number of pyridine rings is 3. The quantitative estimate of drug-likeness (QED) is 0.413. The maximum atomic E-state index is 12.8. The molecule has 0 amide bonds. The molecule has 3 N–H and O–H groups in total. The first kappa shape index (κ1) is 21.7. The van der Waals surface area contributed by atoms with Crippen LogP contribution in [0.1, 0.15) is 22.8 Å². The average molecular weight is 440 g/mol. The van der Waals surface area contributed by atoms with E-state index >= 15 is 0 Å². The third-order valence-electron chi connectivity index (χ3n) is 4.99. The SMILES string of the molecule is Cc1cc(C(O)CO)cnc1-c1ccc2c(Nc3ccc(C(F)(F)F)cc3)nccc2n1. The highest BCUT2D eigenvalue weighted by Gasteiger charge is 2.30. The summed E-state index contributed by atoms with van der Waals surface area (Å²) in [5.41, 5.74) is 2.94. The Bertz CT molecular complexity index is 1260. The molecule has 6 nitrogen and oxygen atoms in total. The second-order valence-corrected chi connectivity index (χ2v) is 7.26. The molecule has 0 aliphatic heterocycles. The van der Waals surface area contributed by atoms with Gasteiger partial charge in [0.05, 0.1) is 29.1 Å². The van der Waals surface area contributed by atoms with Gasteiger partial charge in [-0.2, -0.15) is 13.2 Å². The van der Waals surface area contributed by atoms with Crippen molar-refractivity contribution in [1.82, 2.24) is 15.0 Å². The molecule has 1 atom stereocenters. The minimum Gasteiger partial charge on any atom is -0.393 e. The van der Waals surface area contributed by atoms with E-state index in [4.69, 9.17) is 5.11 Å². The van der Waals surface area contributed by atoms with E-state index in [1.165, 1.54) is 18.3 Å². The van der Waals surface area contributed by atoms with Gasteiger partial charge in [0.25, 0.3) is 0 Å². The smallest absolute Gasteiger partial charge is 0.393 e. The van der Waals surface area contributed by atoms with Crippen molar-refractivity contribution in [2.45, 2.75) is 19.2 Å². The van der Waals surface area contributed by atoms with Crippen LogP contribution < -0.4 is 5.32 Å². The zero-order valence-electron chi connectivity index (χ0n) is 16.9. The van der Waals surface area contributed by atoms with E-state index in [9.17, 15) is 18.3 Å². The van der Waals surface area contributed by atoms with Crippen molar-refractivity contribution in [2.75, 3.05) is 11.9 Å². The van der Waals surface area contributed by atoms with Crippen LogP contribution in [-0.2, 0) is 6.18 Å². The van der Waals surface area contributed by atoms with E-state index in [1.807, 2.05) is 13.0 Å². The number of halogens is 3. The van der Waals surface area contributed by atoms with Gasteiger partial charge in [-0.3, -0.25) is 4.98 Å². The lowest BCUT2D eigenvalue weighted by Crippen LogP contribution is -2.05. The van der Waals surface area contributed by atoms with Gasteiger partial charge in [-0.15, -0.1) is 0 Å². The number of anilines is 2. The Morgan fingerprint density at radius 3 is 2.44 bits per heavy atom. The lowest BCUT2D eigenvalue weighted by Gasteiger charge is -2.12. The van der Waals surface area contributed by atoms with Gasteiger partial charge < -0.3 is 15.5 Å². The number of fused-ring (bicyclic) bond motifs is 1. The number of aryl methyl sites for hydroxylation is 1. The number of hydrogen-bond donors (Lipinski definition) is 3. The van der Waals surface area contributed by atoms with Crippen molar-refractivity contribution in [3.05, 3.63) is 77.6 Å². The molecule has 0 saturated heterocycles. The van der Waals surface area contributed by atoms with Gasteiger partial charge in [-0.05, 0) is 61.0 Å². The highest BCUT2D eigenvalue weighted by molar-refractivity contribution is 5.92. The summed E-state index contributed by atoms with van der Waals surface area (Å²) in [5.74, 6) is 0.465. The molecule has 32 heavy (non-hydrogen) atoms. The maximum Gasteiger partial charge on any atom is 0.416 e. The summed E-state index contributed by atoms with van der Waals surface area (Å²) >= 11 is 0. The average Bonchev–Trinajstić information content (AvgIpc) is 2.78. The maximum absolute atomic E-state index is 12.8. The van der Waals surface area contributed by atoms with Crippen molar-refractivity contribution in [3.63, 3.8) is 0 Å². The van der Waals surface area contributed by atoms with Crippen LogP contribution in [0.2, 0.25) is 0 Å². The number of aromatic nitrogens is 3. The second-order valence-electron chi connectivity index (χ2n) is 7.26. The molecule has 0 aliphatic rings. The number of nitrogens with zero attached hydrogens (tertiary/aromatic N) is 3. The van der Waals surface area contributed by atoms with Gasteiger partial charge in [0.1, 0.15) is 11.9 Å². The van der Waals surface area contributed by atoms with Crippen LogP contribution in [0.4, 0.5) is 24.7 Å². The Labute approximate surface area is 181 Å². The predicted octanol–water partition coefficient (Wildman–Crippen LogP) is 4.79. The molecule has 164 valence electrons. The molecule has 0 spiro atoms. The van der Waals surface area contributed by atoms with Crippen molar-refractivity contribution >= 4 is 22.4 Å². The lowest BCUT2D eigenvalue weighted by molar-refractivity contribution is -0.137. The van der Waals surface area contributed by atoms with Crippen LogP contribution in [0.3, 0.4) is 0 Å². The van der Waals surface area contributed by atoms with Crippen LogP contribution >= 0.6 is 0 Å². The third kappa shape index (κ3) is 4.39. The second kappa shape index (κ2) is 8.52. The largest absolute Gasteiger partial charge is 0.416 e. The lowest BCUT2D eigenvalue weighted by atomic mass is 10.1. The highest BCUT2D eigenvalue weighted by atomic mass is 19.4. The first-order valence-corrected chi connectivity index (χ1v) is 9.72. The topological polar surface area (TPSA) is 91.2 Å². The van der Waals surface area contributed by atoms with Crippen LogP contribution in [-0.4, -0.2) is 31.8 Å². The van der Waals surface area contributed by atoms with Crippen molar-refractivity contribution in [2.24, 2.45) is 0 Å². The number of alkyl halides is 3. The Balaban J connectivity index is 1.64. The van der Waals surface area contributed by atoms with E-state index in [2.05, 4.69) is 20.3 Å². The normalized spacial score (nSPS) is 12.7. The molecule has 0 aliphatic carbocycles. The fourth-order valence-corrected chi connectivity index (χ4v) is 3.32. The first-order chi connectivity index (χ1) is 15.3. The number of aliphatic hydroxyl groups excluding tert-OH is 2. The summed E-state index contributed by atoms with van der Waals surface area (Å²) in [6.07, 6.45) is -2.33. The molecular formula is C23H19F3N4O2. The monoisotopic (exact) mass is 440 g/mol. The molecule has 9 heteroatoms. The number of hydrogen-bond acceptors (Lipinski definition) is 6. The first-order valence-electron chi connectivity index (χ1n) is 9.72.